The molecular formula is C52H52Cl3F6N11O14S2. The number of esters is 1. The number of hydrogen-bond donors (Lipinski definition) is 4. The van der Waals surface area contributed by atoms with Crippen LogP contribution in [0.4, 0.5) is 38.0 Å². The first kappa shape index (κ1) is 70.2. The van der Waals surface area contributed by atoms with Crippen LogP contribution in [-0.2, 0) is 48.8 Å². The SMILES string of the molecule is CCCCCC(C)OC(=O)COc1ccc(Cl)c2cccnc12.COc1cc(OC)n2nc(NS(=O)(=O)c3c(C(F)(F)F)ccnc3OC)nc2n1.Cc1[nH]n(C)c(=O)c1C(=O)c1ccc(C(F)(F)F)cc1S(C)(=O)=O.Nc1cc(Cl)nc(C(=O)O)c1Cl. The first-order valence-electron chi connectivity index (χ1n) is 25.0. The highest BCUT2D eigenvalue weighted by Gasteiger charge is 2.41. The van der Waals surface area contributed by atoms with Crippen molar-refractivity contribution in [2.24, 2.45) is 7.05 Å². The Labute approximate surface area is 511 Å². The molecule has 5 N–H and O–H groups in total. The standard InChI is InChI=1S/C18H22ClNO3.C14H13F3N6O5S.C14H13F3N2O4S.C6H4Cl2N2O2/c1-3-4-5-7-13(2)23-17(21)12-22-16-10-9-15(19)14-8-6-11-20-18(14)16;1-26-8-6-9(27-2)23-13(19-8)20-12(21-23)22-29(24,25)10-7(14(15,16)17)4-5-18-11(10)28-3;1-7-11(13(21)19(2)18-7)12(20)9-5-4-8(14(15,16)17)6-10(9)24(3,22)23;7-3-1-2(9)4(8)5(10-3)6(11)12/h6,8-11,13H,3-5,7,12H2,1-2H3;4-6H,1-3H3,(H,21,22);4-6,18H,1-3H3;1H,(H2,9,10)(H,11,12). The number of nitrogens with two attached hydrogens (primary N) is 1. The van der Waals surface area contributed by atoms with Gasteiger partial charge in [0.25, 0.3) is 27.3 Å². The van der Waals surface area contributed by atoms with E-state index in [9.17, 15) is 62.4 Å². The zero-order chi connectivity index (χ0) is 65.8. The van der Waals surface area contributed by atoms with Gasteiger partial charge in [-0.05, 0) is 81.3 Å². The highest BCUT2D eigenvalue weighted by Crippen LogP contribution is 2.39. The molecule has 0 radical (unpaired) electrons. The minimum Gasteiger partial charge on any atom is -0.481 e. The molecule has 8 aromatic rings. The molecule has 0 aliphatic heterocycles. The topological polar surface area (TPSA) is 343 Å². The van der Waals surface area contributed by atoms with E-state index in [1.807, 2.05) is 23.8 Å². The number of hydrogen-bond acceptors (Lipinski definition) is 20. The van der Waals surface area contributed by atoms with Crippen molar-refractivity contribution in [3.63, 3.8) is 0 Å². The van der Waals surface area contributed by atoms with Crippen molar-refractivity contribution < 1.29 is 86.4 Å². The third kappa shape index (κ3) is 17.8. The van der Waals surface area contributed by atoms with Crippen LogP contribution in [-0.4, -0.2) is 124 Å². The van der Waals surface area contributed by atoms with Crippen LogP contribution in [0.25, 0.3) is 16.7 Å². The quantitative estimate of drug-likeness (QED) is 0.0204. The van der Waals surface area contributed by atoms with E-state index in [0.717, 1.165) is 59.6 Å². The number of sulfone groups is 1. The summed E-state index contributed by atoms with van der Waals surface area (Å²) >= 11 is 17.1. The number of rotatable bonds is 18. The number of ether oxygens (including phenoxy) is 5. The lowest BCUT2D eigenvalue weighted by atomic mass is 10.0. The number of aryl methyl sites for hydroxylation is 2. The molecule has 0 bridgehead atoms. The fourth-order valence-corrected chi connectivity index (χ4v) is 10.4. The summed E-state index contributed by atoms with van der Waals surface area (Å²) in [5.74, 6) is -3.26. The van der Waals surface area contributed by atoms with Gasteiger partial charge in [0.1, 0.15) is 22.0 Å². The van der Waals surface area contributed by atoms with Gasteiger partial charge in [-0.2, -0.15) is 40.8 Å². The van der Waals surface area contributed by atoms with Crippen molar-refractivity contribution in [1.29, 1.82) is 0 Å². The van der Waals surface area contributed by atoms with Gasteiger partial charge < -0.3 is 34.5 Å². The van der Waals surface area contributed by atoms with Crippen molar-refractivity contribution in [2.75, 3.05) is 44.6 Å². The van der Waals surface area contributed by atoms with Crippen LogP contribution in [0, 0.1) is 6.92 Å². The number of pyridine rings is 3. The number of fused-ring (bicyclic) bond motifs is 2. The molecule has 0 amide bonds. The van der Waals surface area contributed by atoms with Gasteiger partial charge in [-0.1, -0.05) is 54.6 Å². The minimum atomic E-state index is -4.98. The Morgan fingerprint density at radius 2 is 1.57 bits per heavy atom. The summed E-state index contributed by atoms with van der Waals surface area (Å²) in [4.78, 5) is 64.0. The van der Waals surface area contributed by atoms with Crippen molar-refractivity contribution in [1.82, 2.24) is 44.3 Å². The number of carbonyl (C=O) groups excluding carboxylic acids is 2. The van der Waals surface area contributed by atoms with Gasteiger partial charge in [0.15, 0.2) is 27.0 Å². The van der Waals surface area contributed by atoms with Gasteiger partial charge in [-0.15, -0.1) is 5.10 Å². The van der Waals surface area contributed by atoms with Crippen LogP contribution >= 0.6 is 34.8 Å². The maximum atomic E-state index is 13.3. The predicted molar refractivity (Wildman–Crippen MR) is 307 cm³/mol. The van der Waals surface area contributed by atoms with Gasteiger partial charge >= 0.3 is 24.3 Å². The van der Waals surface area contributed by atoms with Crippen LogP contribution < -0.4 is 35.0 Å². The zero-order valence-electron chi connectivity index (χ0n) is 47.2. The van der Waals surface area contributed by atoms with E-state index in [0.29, 0.717) is 40.7 Å². The average molecular weight is 1340 g/mol. The van der Waals surface area contributed by atoms with Crippen molar-refractivity contribution in [3.8, 4) is 23.4 Å². The van der Waals surface area contributed by atoms with Gasteiger partial charge in [0.05, 0.1) is 65.3 Å². The highest BCUT2D eigenvalue weighted by molar-refractivity contribution is 7.93. The number of aromatic nitrogens is 9. The normalized spacial score (nSPS) is 11.9. The third-order valence-corrected chi connectivity index (χ3v) is 15.1. The number of methoxy groups -OCH3 is 3. The summed E-state index contributed by atoms with van der Waals surface area (Å²) in [5, 5.41) is 16.3. The fraction of sp³-hybridized carbons (Fsp3) is 0.308. The van der Waals surface area contributed by atoms with Gasteiger partial charge in [0.2, 0.25) is 23.4 Å². The van der Waals surface area contributed by atoms with E-state index in [2.05, 4.69) is 42.0 Å². The van der Waals surface area contributed by atoms with E-state index in [-0.39, 0.29) is 69.0 Å². The molecule has 6 heterocycles. The number of halogens is 9. The van der Waals surface area contributed by atoms with Crippen molar-refractivity contribution in [2.45, 2.75) is 74.7 Å². The Hall–Kier alpha value is -8.53. The maximum Gasteiger partial charge on any atom is 0.418 e. The molecule has 6 aromatic heterocycles. The number of alkyl halides is 6. The number of aromatic carboxylic acids is 1. The van der Waals surface area contributed by atoms with E-state index in [1.165, 1.54) is 40.3 Å². The summed E-state index contributed by atoms with van der Waals surface area (Å²) in [7, 11) is -3.97. The lowest BCUT2D eigenvalue weighted by Crippen LogP contribution is -2.21. The summed E-state index contributed by atoms with van der Waals surface area (Å²) in [5.41, 5.74) is 1.79. The molecule has 8 rings (SSSR count). The average Bonchev–Trinajstić information content (AvgIpc) is 1.58. The maximum absolute atomic E-state index is 13.3. The number of nitrogens with one attached hydrogen (secondary N) is 2. The smallest absolute Gasteiger partial charge is 0.418 e. The number of nitrogen functional groups attached to an aromatic ring is 1. The second-order valence-electron chi connectivity index (χ2n) is 18.1. The van der Waals surface area contributed by atoms with Gasteiger partial charge in [-0.25, -0.2) is 41.1 Å². The molecule has 0 saturated carbocycles. The highest BCUT2D eigenvalue weighted by atomic mass is 35.5. The molecule has 88 heavy (non-hydrogen) atoms. The first-order chi connectivity index (χ1) is 41.1. The number of aromatic amines is 1. The number of sulfonamides is 1. The van der Waals surface area contributed by atoms with Crippen molar-refractivity contribution in [3.05, 3.63) is 132 Å². The Kier molecular flexibility index (Phi) is 23.5. The van der Waals surface area contributed by atoms with Crippen LogP contribution in [0.2, 0.25) is 15.2 Å². The number of nitrogens with zero attached hydrogens (tertiary/aromatic N) is 8. The number of anilines is 2. The number of H-pyrrole nitrogens is 1. The number of benzene rings is 2. The van der Waals surface area contributed by atoms with E-state index >= 15 is 0 Å². The van der Waals surface area contributed by atoms with Crippen LogP contribution in [0.3, 0.4) is 0 Å². The second kappa shape index (κ2) is 29.4. The molecule has 0 spiro atoms. The number of carboxylic acid groups (broad SMARTS) is 1. The third-order valence-electron chi connectivity index (χ3n) is 11.7. The minimum absolute atomic E-state index is 0.00861. The Morgan fingerprint density at radius 3 is 2.15 bits per heavy atom. The summed E-state index contributed by atoms with van der Waals surface area (Å²) in [6, 6.07) is 12.1. The van der Waals surface area contributed by atoms with Crippen LogP contribution in [0.15, 0.2) is 87.6 Å². The Morgan fingerprint density at radius 1 is 0.875 bits per heavy atom. The summed E-state index contributed by atoms with van der Waals surface area (Å²) in [6.45, 7) is 5.35. The van der Waals surface area contributed by atoms with Crippen LogP contribution in [0.1, 0.15) is 82.8 Å². The molecular weight excluding hydrogens is 1290 g/mol. The lowest BCUT2D eigenvalue weighted by Gasteiger charge is -2.15. The monoisotopic (exact) mass is 1340 g/mol. The number of carbonyl (C=O) groups is 3. The number of carboxylic acids is 1. The van der Waals surface area contributed by atoms with Gasteiger partial charge in [-0.3, -0.25) is 24.4 Å². The molecule has 0 saturated heterocycles. The van der Waals surface area contributed by atoms with E-state index in [1.54, 1.807) is 18.3 Å². The molecule has 0 fully saturated rings. The second-order valence-corrected chi connectivity index (χ2v) is 22.9. The molecule has 1 atom stereocenters. The Balaban J connectivity index is 0.000000221. The lowest BCUT2D eigenvalue weighted by molar-refractivity contribution is -0.151. The largest absolute Gasteiger partial charge is 0.481 e. The first-order valence-corrected chi connectivity index (χ1v) is 29.5. The predicted octanol–water partition coefficient (Wildman–Crippen LogP) is 9.49. The van der Waals surface area contributed by atoms with Crippen LogP contribution in [0.5, 0.6) is 23.4 Å². The molecule has 474 valence electrons. The Bertz CT molecular complexity index is 4170. The molecule has 0 aliphatic rings. The summed E-state index contributed by atoms with van der Waals surface area (Å²) in [6.07, 6.45) is -2.43. The zero-order valence-corrected chi connectivity index (χ0v) is 51.1. The van der Waals surface area contributed by atoms with E-state index in [4.69, 9.17) is 69.3 Å². The molecule has 2 aromatic carbocycles. The molecule has 0 aliphatic carbocycles. The summed E-state index contributed by atoms with van der Waals surface area (Å²) < 4.78 is 157. The fourth-order valence-electron chi connectivity index (χ4n) is 7.65. The van der Waals surface area contributed by atoms with E-state index < -0.39 is 87.8 Å². The molecule has 25 nitrogen and oxygen atoms in total. The number of unbranched alkanes of at least 4 members (excludes halogenated alkanes) is 2. The van der Waals surface area contributed by atoms with Crippen molar-refractivity contribution >= 4 is 101 Å². The van der Waals surface area contributed by atoms with Gasteiger partial charge in [0, 0.05) is 42.3 Å². The molecule has 36 heteroatoms. The molecule has 1 unspecified atom stereocenters. The number of ketones is 1.